The van der Waals surface area contributed by atoms with Crippen LogP contribution in [0.5, 0.6) is 0 Å². The zero-order valence-electron chi connectivity index (χ0n) is 10.4. The minimum atomic E-state index is 0.606. The summed E-state index contributed by atoms with van der Waals surface area (Å²) >= 11 is 2.52. The van der Waals surface area contributed by atoms with E-state index in [0.717, 1.165) is 6.42 Å². The van der Waals surface area contributed by atoms with E-state index in [9.17, 15) is 0 Å². The van der Waals surface area contributed by atoms with Gasteiger partial charge in [0.15, 0.2) is 0 Å². The Morgan fingerprint density at radius 2 is 1.37 bits per heavy atom. The lowest BCUT2D eigenvalue weighted by molar-refractivity contribution is 1.05. The molecular formula is C18H13I. The molecule has 0 aliphatic heterocycles. The number of fused-ring (bicyclic) bond motifs is 6. The third kappa shape index (κ3) is 1.71. The van der Waals surface area contributed by atoms with Gasteiger partial charge in [0, 0.05) is 3.92 Å². The maximum absolute atomic E-state index is 2.52. The summed E-state index contributed by atoms with van der Waals surface area (Å²) in [6.07, 6.45) is 5.77. The maximum Gasteiger partial charge on any atom is 0.0333 e. The van der Waals surface area contributed by atoms with Gasteiger partial charge < -0.3 is 0 Å². The number of allylic oxidation sites excluding steroid dienone is 1. The molecule has 1 heteroatoms. The Balaban J connectivity index is 2.27. The van der Waals surface area contributed by atoms with Crippen LogP contribution < -0.4 is 0 Å². The third-order valence-corrected chi connectivity index (χ3v) is 4.81. The Morgan fingerprint density at radius 3 is 2.11 bits per heavy atom. The molecule has 0 fully saturated rings. The minimum absolute atomic E-state index is 0.606. The highest BCUT2D eigenvalue weighted by atomic mass is 127. The summed E-state index contributed by atoms with van der Waals surface area (Å²) in [7, 11) is 0. The summed E-state index contributed by atoms with van der Waals surface area (Å²) in [5.74, 6) is 0. The molecule has 3 aromatic rings. The van der Waals surface area contributed by atoms with Crippen molar-refractivity contribution in [2.75, 3.05) is 0 Å². The second-order valence-corrected chi connectivity index (χ2v) is 6.66. The summed E-state index contributed by atoms with van der Waals surface area (Å²) in [5.41, 5.74) is 2.93. The van der Waals surface area contributed by atoms with Crippen molar-refractivity contribution in [3.63, 3.8) is 0 Å². The molecule has 0 N–H and O–H groups in total. The Hall–Kier alpha value is -1.35. The number of benzene rings is 3. The Bertz CT molecular complexity index is 814. The van der Waals surface area contributed by atoms with E-state index in [1.54, 1.807) is 0 Å². The van der Waals surface area contributed by atoms with Crippen molar-refractivity contribution in [3.8, 4) is 0 Å². The summed E-state index contributed by atoms with van der Waals surface area (Å²) in [4.78, 5) is 0. The molecule has 0 saturated carbocycles. The Kier molecular flexibility index (Phi) is 2.62. The first-order valence-electron chi connectivity index (χ1n) is 6.59. The zero-order chi connectivity index (χ0) is 12.8. The zero-order valence-corrected chi connectivity index (χ0v) is 12.6. The molecule has 1 aliphatic rings. The van der Waals surface area contributed by atoms with E-state index >= 15 is 0 Å². The molecular weight excluding hydrogens is 343 g/mol. The van der Waals surface area contributed by atoms with Gasteiger partial charge >= 0.3 is 0 Å². The van der Waals surface area contributed by atoms with E-state index in [2.05, 4.69) is 83.3 Å². The van der Waals surface area contributed by atoms with Gasteiger partial charge in [-0.25, -0.2) is 0 Å². The molecule has 4 rings (SSSR count). The highest BCUT2D eigenvalue weighted by Gasteiger charge is 2.17. The molecule has 0 nitrogen and oxygen atoms in total. The van der Waals surface area contributed by atoms with Crippen LogP contribution in [0.1, 0.15) is 11.1 Å². The molecule has 0 bridgehead atoms. The van der Waals surface area contributed by atoms with Gasteiger partial charge in [0.2, 0.25) is 0 Å². The minimum Gasteiger partial charge on any atom is -0.0777 e. The summed E-state index contributed by atoms with van der Waals surface area (Å²) < 4.78 is 0.606. The fourth-order valence-electron chi connectivity index (χ4n) is 3.12. The molecule has 0 saturated heterocycles. The van der Waals surface area contributed by atoms with Crippen molar-refractivity contribution in [2.45, 2.75) is 10.3 Å². The molecule has 0 spiro atoms. The number of alkyl halides is 1. The second-order valence-electron chi connectivity index (χ2n) is 5.06. The molecule has 1 aliphatic carbocycles. The van der Waals surface area contributed by atoms with Gasteiger partial charge in [0.05, 0.1) is 0 Å². The van der Waals surface area contributed by atoms with E-state index in [0.29, 0.717) is 3.92 Å². The number of rotatable bonds is 0. The lowest BCUT2D eigenvalue weighted by Gasteiger charge is -2.20. The molecule has 0 amide bonds. The highest BCUT2D eigenvalue weighted by molar-refractivity contribution is 14.1. The molecule has 19 heavy (non-hydrogen) atoms. The highest BCUT2D eigenvalue weighted by Crippen LogP contribution is 2.37. The fourth-order valence-corrected chi connectivity index (χ4v) is 3.76. The van der Waals surface area contributed by atoms with E-state index in [1.165, 1.54) is 32.7 Å². The molecule has 3 aromatic carbocycles. The van der Waals surface area contributed by atoms with Crippen LogP contribution in [0.15, 0.2) is 54.6 Å². The predicted octanol–water partition coefficient (Wildman–Crippen LogP) is 5.37. The monoisotopic (exact) mass is 356 g/mol. The van der Waals surface area contributed by atoms with Crippen molar-refractivity contribution >= 4 is 50.2 Å². The van der Waals surface area contributed by atoms with E-state index in [4.69, 9.17) is 0 Å². The van der Waals surface area contributed by atoms with Gasteiger partial charge in [0.1, 0.15) is 0 Å². The average molecular weight is 356 g/mol. The quantitative estimate of drug-likeness (QED) is 0.289. The van der Waals surface area contributed by atoms with Crippen LogP contribution in [0, 0.1) is 0 Å². The van der Waals surface area contributed by atoms with Crippen LogP contribution in [0.3, 0.4) is 0 Å². The van der Waals surface area contributed by atoms with Gasteiger partial charge in [-0.2, -0.15) is 0 Å². The standard InChI is InChI=1S/C18H13I/c19-12-9-10-17-15-7-2-1-5-13(15)14-6-3-4-8-16(14)18(17)11-12/h1-10,12H,11H2. The van der Waals surface area contributed by atoms with Crippen LogP contribution in [0.4, 0.5) is 0 Å². The summed E-state index contributed by atoms with van der Waals surface area (Å²) in [6.45, 7) is 0. The first kappa shape index (κ1) is 11.5. The smallest absolute Gasteiger partial charge is 0.0333 e. The van der Waals surface area contributed by atoms with Crippen LogP contribution in [-0.2, 0) is 6.42 Å². The van der Waals surface area contributed by atoms with Crippen molar-refractivity contribution in [3.05, 3.63) is 65.7 Å². The Morgan fingerprint density at radius 1 is 0.789 bits per heavy atom. The molecule has 0 aromatic heterocycles. The number of hydrogen-bond acceptors (Lipinski definition) is 0. The second kappa shape index (κ2) is 4.34. The average Bonchev–Trinajstić information content (AvgIpc) is 2.47. The lowest BCUT2D eigenvalue weighted by atomic mass is 9.87. The normalized spacial score (nSPS) is 17.8. The maximum atomic E-state index is 2.52. The summed E-state index contributed by atoms with van der Waals surface area (Å²) in [5, 5.41) is 5.56. The molecule has 1 atom stereocenters. The summed E-state index contributed by atoms with van der Waals surface area (Å²) in [6, 6.07) is 17.6. The van der Waals surface area contributed by atoms with Crippen LogP contribution in [0.2, 0.25) is 0 Å². The number of halogens is 1. The Labute approximate surface area is 126 Å². The van der Waals surface area contributed by atoms with E-state index in [-0.39, 0.29) is 0 Å². The van der Waals surface area contributed by atoms with E-state index in [1.807, 2.05) is 0 Å². The first-order valence-corrected chi connectivity index (χ1v) is 7.84. The van der Waals surface area contributed by atoms with Crippen molar-refractivity contribution < 1.29 is 0 Å². The van der Waals surface area contributed by atoms with Gasteiger partial charge in [-0.15, -0.1) is 0 Å². The van der Waals surface area contributed by atoms with Gasteiger partial charge in [-0.1, -0.05) is 83.3 Å². The van der Waals surface area contributed by atoms with Crippen molar-refractivity contribution in [1.82, 2.24) is 0 Å². The molecule has 1 unspecified atom stereocenters. The van der Waals surface area contributed by atoms with Gasteiger partial charge in [-0.05, 0) is 39.1 Å². The van der Waals surface area contributed by atoms with Gasteiger partial charge in [-0.3, -0.25) is 0 Å². The van der Waals surface area contributed by atoms with Crippen LogP contribution in [-0.4, -0.2) is 3.92 Å². The molecule has 0 radical (unpaired) electrons. The largest absolute Gasteiger partial charge is 0.0777 e. The number of hydrogen-bond donors (Lipinski definition) is 0. The lowest BCUT2D eigenvalue weighted by Crippen LogP contribution is -2.06. The van der Waals surface area contributed by atoms with Gasteiger partial charge in [0.25, 0.3) is 0 Å². The third-order valence-electron chi connectivity index (χ3n) is 3.96. The van der Waals surface area contributed by atoms with Crippen LogP contribution in [0.25, 0.3) is 27.6 Å². The topological polar surface area (TPSA) is 0 Å². The van der Waals surface area contributed by atoms with E-state index < -0.39 is 0 Å². The molecule has 0 heterocycles. The SMILES string of the molecule is IC1C=Cc2c(c3ccccc3c3ccccc23)C1. The molecule has 92 valence electrons. The van der Waals surface area contributed by atoms with Crippen LogP contribution >= 0.6 is 22.6 Å². The predicted molar refractivity (Wildman–Crippen MR) is 92.0 cm³/mol. The first-order chi connectivity index (χ1) is 9.34. The van der Waals surface area contributed by atoms with Crippen molar-refractivity contribution in [1.29, 1.82) is 0 Å². The van der Waals surface area contributed by atoms with Crippen molar-refractivity contribution in [2.24, 2.45) is 0 Å². The fraction of sp³-hybridized carbons (Fsp3) is 0.111.